The van der Waals surface area contributed by atoms with Gasteiger partial charge in [-0.05, 0) is 35.4 Å². The number of amides is 1. The van der Waals surface area contributed by atoms with Crippen molar-refractivity contribution >= 4 is 11.6 Å². The summed E-state index contributed by atoms with van der Waals surface area (Å²) in [7, 11) is 0. The number of hydrogen-bond acceptors (Lipinski definition) is 3. The second kappa shape index (κ2) is 7.33. The van der Waals surface area contributed by atoms with Crippen molar-refractivity contribution in [3.63, 3.8) is 0 Å². The first-order valence-corrected chi connectivity index (χ1v) is 7.83. The first-order valence-electron chi connectivity index (χ1n) is 7.83. The fourth-order valence-corrected chi connectivity index (χ4v) is 2.61. The van der Waals surface area contributed by atoms with Gasteiger partial charge in [-0.15, -0.1) is 0 Å². The molecule has 0 bridgehead atoms. The molecule has 0 heterocycles. The quantitative estimate of drug-likeness (QED) is 0.750. The van der Waals surface area contributed by atoms with Crippen LogP contribution < -0.4 is 5.32 Å². The van der Waals surface area contributed by atoms with Gasteiger partial charge in [0.2, 0.25) is 0 Å². The van der Waals surface area contributed by atoms with Gasteiger partial charge in [-0.1, -0.05) is 54.6 Å². The molecule has 1 atom stereocenters. The minimum atomic E-state index is -0.384. The van der Waals surface area contributed by atoms with E-state index in [1.807, 2.05) is 42.5 Å². The van der Waals surface area contributed by atoms with Gasteiger partial charge in [-0.25, -0.2) is 0 Å². The van der Waals surface area contributed by atoms with E-state index >= 15 is 0 Å². The molecule has 2 N–H and O–H groups in total. The van der Waals surface area contributed by atoms with Crippen molar-refractivity contribution < 1.29 is 9.90 Å². The van der Waals surface area contributed by atoms with Crippen LogP contribution >= 0.6 is 0 Å². The lowest BCUT2D eigenvalue weighted by Crippen LogP contribution is -2.12. The van der Waals surface area contributed by atoms with Crippen molar-refractivity contribution in [2.24, 2.45) is 0 Å². The van der Waals surface area contributed by atoms with E-state index in [1.165, 1.54) is 6.07 Å². The van der Waals surface area contributed by atoms with Crippen LogP contribution in [0.4, 0.5) is 5.69 Å². The van der Waals surface area contributed by atoms with Gasteiger partial charge in [-0.3, -0.25) is 4.79 Å². The highest BCUT2D eigenvalue weighted by Gasteiger charge is 2.14. The maximum Gasteiger partial charge on any atom is 0.259 e. The molecule has 1 unspecified atom stereocenters. The SMILES string of the molecule is N#CC(c1ccccc1)c1ccc(NC(=O)c2ccccc2O)cc1. The topological polar surface area (TPSA) is 73.1 Å². The highest BCUT2D eigenvalue weighted by atomic mass is 16.3. The van der Waals surface area contributed by atoms with Gasteiger partial charge in [0, 0.05) is 5.69 Å². The maximum absolute atomic E-state index is 12.2. The molecular formula is C21H16N2O2. The van der Waals surface area contributed by atoms with Crippen molar-refractivity contribution in [2.75, 3.05) is 5.32 Å². The molecule has 3 aromatic carbocycles. The summed E-state index contributed by atoms with van der Waals surface area (Å²) >= 11 is 0. The number of nitrogens with zero attached hydrogens (tertiary/aromatic N) is 1. The summed E-state index contributed by atoms with van der Waals surface area (Å²) < 4.78 is 0. The molecule has 0 spiro atoms. The molecule has 4 heteroatoms. The normalized spacial score (nSPS) is 11.3. The second-order valence-electron chi connectivity index (χ2n) is 5.57. The van der Waals surface area contributed by atoms with E-state index in [-0.39, 0.29) is 23.1 Å². The standard InChI is InChI=1S/C21H16N2O2/c22-14-19(15-6-2-1-3-7-15)16-10-12-17(13-11-16)23-21(25)18-8-4-5-9-20(18)24/h1-13,19,24H,(H,23,25). The Balaban J connectivity index is 1.78. The number of hydrogen-bond donors (Lipinski definition) is 2. The molecule has 0 aliphatic rings. The van der Waals surface area contributed by atoms with Crippen molar-refractivity contribution in [2.45, 2.75) is 5.92 Å². The molecule has 0 fully saturated rings. The number of para-hydroxylation sites is 1. The Bertz CT molecular complexity index is 913. The average Bonchev–Trinajstić information content (AvgIpc) is 2.65. The predicted molar refractivity (Wildman–Crippen MR) is 96.4 cm³/mol. The predicted octanol–water partition coefficient (Wildman–Crippen LogP) is 4.30. The zero-order chi connectivity index (χ0) is 17.6. The van der Waals surface area contributed by atoms with Crippen LogP contribution in [-0.4, -0.2) is 11.0 Å². The highest BCUT2D eigenvalue weighted by molar-refractivity contribution is 6.06. The van der Waals surface area contributed by atoms with Crippen LogP contribution in [0.15, 0.2) is 78.9 Å². The molecule has 25 heavy (non-hydrogen) atoms. The Morgan fingerprint density at radius 3 is 2.12 bits per heavy atom. The van der Waals surface area contributed by atoms with Crippen LogP contribution in [0, 0.1) is 11.3 Å². The number of nitriles is 1. The number of aromatic hydroxyl groups is 1. The lowest BCUT2D eigenvalue weighted by atomic mass is 9.92. The minimum Gasteiger partial charge on any atom is -0.507 e. The van der Waals surface area contributed by atoms with Crippen molar-refractivity contribution in [1.82, 2.24) is 0 Å². The maximum atomic E-state index is 12.2. The van der Waals surface area contributed by atoms with Crippen LogP contribution in [0.5, 0.6) is 5.75 Å². The summed E-state index contributed by atoms with van der Waals surface area (Å²) in [5.74, 6) is -0.805. The number of nitrogens with one attached hydrogen (secondary N) is 1. The van der Waals surface area contributed by atoms with Crippen molar-refractivity contribution in [3.8, 4) is 11.8 Å². The molecule has 0 aromatic heterocycles. The molecule has 122 valence electrons. The molecule has 0 saturated carbocycles. The van der Waals surface area contributed by atoms with E-state index in [9.17, 15) is 15.2 Å². The fourth-order valence-electron chi connectivity index (χ4n) is 2.61. The number of phenolic OH excluding ortho intramolecular Hbond substituents is 1. The average molecular weight is 328 g/mol. The van der Waals surface area contributed by atoms with Crippen molar-refractivity contribution in [1.29, 1.82) is 5.26 Å². The molecular weight excluding hydrogens is 312 g/mol. The zero-order valence-corrected chi connectivity index (χ0v) is 13.4. The molecule has 3 aromatic rings. The van der Waals surface area contributed by atoms with Gasteiger partial charge < -0.3 is 10.4 Å². The van der Waals surface area contributed by atoms with Crippen LogP contribution in [0.3, 0.4) is 0 Å². The van der Waals surface area contributed by atoms with E-state index in [2.05, 4.69) is 11.4 Å². The van der Waals surface area contributed by atoms with Gasteiger partial charge in [0.1, 0.15) is 5.75 Å². The third-order valence-corrected chi connectivity index (χ3v) is 3.91. The second-order valence-corrected chi connectivity index (χ2v) is 5.57. The summed E-state index contributed by atoms with van der Waals surface area (Å²) in [6, 6.07) is 25.4. The van der Waals surface area contributed by atoms with Crippen LogP contribution in [0.25, 0.3) is 0 Å². The van der Waals surface area contributed by atoms with Crippen molar-refractivity contribution in [3.05, 3.63) is 95.6 Å². The van der Waals surface area contributed by atoms with E-state index in [4.69, 9.17) is 0 Å². The van der Waals surface area contributed by atoms with Gasteiger partial charge in [0.05, 0.1) is 17.6 Å². The van der Waals surface area contributed by atoms with E-state index in [0.29, 0.717) is 5.69 Å². The smallest absolute Gasteiger partial charge is 0.259 e. The van der Waals surface area contributed by atoms with E-state index < -0.39 is 0 Å². The lowest BCUT2D eigenvalue weighted by Gasteiger charge is -2.11. The molecule has 4 nitrogen and oxygen atoms in total. The summed E-state index contributed by atoms with van der Waals surface area (Å²) in [4.78, 5) is 12.2. The Hall–Kier alpha value is -3.58. The van der Waals surface area contributed by atoms with Gasteiger partial charge in [-0.2, -0.15) is 5.26 Å². The zero-order valence-electron chi connectivity index (χ0n) is 13.4. The van der Waals surface area contributed by atoms with Gasteiger partial charge in [0.25, 0.3) is 5.91 Å². The number of anilines is 1. The highest BCUT2D eigenvalue weighted by Crippen LogP contribution is 2.25. The summed E-state index contributed by atoms with van der Waals surface area (Å²) in [6.07, 6.45) is 0. The molecule has 3 rings (SSSR count). The Kier molecular flexibility index (Phi) is 4.77. The summed E-state index contributed by atoms with van der Waals surface area (Å²) in [5.41, 5.74) is 2.60. The lowest BCUT2D eigenvalue weighted by molar-refractivity contribution is 0.102. The number of rotatable bonds is 4. The van der Waals surface area contributed by atoms with Gasteiger partial charge >= 0.3 is 0 Å². The van der Waals surface area contributed by atoms with Crippen LogP contribution in [0.1, 0.15) is 27.4 Å². The number of phenols is 1. The summed E-state index contributed by atoms with van der Waals surface area (Å²) in [6.45, 7) is 0. The van der Waals surface area contributed by atoms with Crippen LogP contribution in [-0.2, 0) is 0 Å². The first kappa shape index (κ1) is 16.3. The molecule has 0 aliphatic carbocycles. The number of benzene rings is 3. The molecule has 0 saturated heterocycles. The van der Waals surface area contributed by atoms with Crippen LogP contribution in [0.2, 0.25) is 0 Å². The number of carbonyl (C=O) groups excluding carboxylic acids is 1. The van der Waals surface area contributed by atoms with E-state index in [0.717, 1.165) is 11.1 Å². The summed E-state index contributed by atoms with van der Waals surface area (Å²) in [5, 5.41) is 22.0. The number of carbonyl (C=O) groups is 1. The molecule has 0 aliphatic heterocycles. The fraction of sp³-hybridized carbons (Fsp3) is 0.0476. The Morgan fingerprint density at radius 1 is 0.880 bits per heavy atom. The third kappa shape index (κ3) is 3.67. The Morgan fingerprint density at radius 2 is 1.48 bits per heavy atom. The molecule has 1 amide bonds. The molecule has 0 radical (unpaired) electrons. The first-order chi connectivity index (χ1) is 12.2. The minimum absolute atomic E-state index is 0.0646. The van der Waals surface area contributed by atoms with E-state index in [1.54, 1.807) is 30.3 Å². The monoisotopic (exact) mass is 328 g/mol. The largest absolute Gasteiger partial charge is 0.507 e. The Labute approximate surface area is 146 Å². The van der Waals surface area contributed by atoms with Gasteiger partial charge in [0.15, 0.2) is 0 Å². The third-order valence-electron chi connectivity index (χ3n) is 3.91.